The van der Waals surface area contributed by atoms with Gasteiger partial charge in [-0.05, 0) is 36.8 Å². The van der Waals surface area contributed by atoms with Crippen molar-refractivity contribution in [2.75, 3.05) is 5.32 Å². The number of pyridine rings is 1. The van der Waals surface area contributed by atoms with Crippen molar-refractivity contribution in [2.24, 2.45) is 0 Å². The Balaban J connectivity index is 1.70. The largest absolute Gasteiger partial charge is 0.348 e. The maximum atomic E-state index is 14.1. The molecule has 0 amide bonds. The molecule has 4 aromatic rings. The first-order chi connectivity index (χ1) is 14.4. The van der Waals surface area contributed by atoms with E-state index < -0.39 is 11.6 Å². The van der Waals surface area contributed by atoms with Crippen molar-refractivity contribution in [3.63, 3.8) is 0 Å². The number of halogens is 3. The van der Waals surface area contributed by atoms with E-state index in [4.69, 9.17) is 11.6 Å². The van der Waals surface area contributed by atoms with Crippen molar-refractivity contribution in [3.05, 3.63) is 98.9 Å². The molecule has 0 aliphatic heterocycles. The van der Waals surface area contributed by atoms with Gasteiger partial charge in [-0.1, -0.05) is 29.8 Å². The van der Waals surface area contributed by atoms with Gasteiger partial charge in [-0.2, -0.15) is 4.98 Å². The van der Waals surface area contributed by atoms with Crippen molar-refractivity contribution >= 4 is 28.6 Å². The Morgan fingerprint density at radius 3 is 2.60 bits per heavy atom. The molecule has 0 aliphatic rings. The van der Waals surface area contributed by atoms with Gasteiger partial charge in [0.15, 0.2) is 0 Å². The van der Waals surface area contributed by atoms with Crippen LogP contribution in [-0.4, -0.2) is 14.5 Å². The highest BCUT2D eigenvalue weighted by molar-refractivity contribution is 6.30. The predicted octanol–water partition coefficient (Wildman–Crippen LogP) is 4.94. The first-order valence-electron chi connectivity index (χ1n) is 9.23. The first-order valence-corrected chi connectivity index (χ1v) is 9.61. The third kappa shape index (κ3) is 4.16. The number of aromatic nitrogens is 3. The summed E-state index contributed by atoms with van der Waals surface area (Å²) in [7, 11) is 0. The van der Waals surface area contributed by atoms with Gasteiger partial charge in [0.2, 0.25) is 5.95 Å². The number of rotatable bonds is 5. The molecular weight excluding hydrogens is 410 g/mol. The van der Waals surface area contributed by atoms with Crippen molar-refractivity contribution in [1.29, 1.82) is 0 Å². The lowest BCUT2D eigenvalue weighted by atomic mass is 10.1. The number of fused-ring (bicyclic) bond motifs is 1. The lowest BCUT2D eigenvalue weighted by Gasteiger charge is -2.16. The molecule has 1 unspecified atom stereocenters. The van der Waals surface area contributed by atoms with Crippen LogP contribution in [0.4, 0.5) is 14.7 Å². The second-order valence-corrected chi connectivity index (χ2v) is 7.32. The van der Waals surface area contributed by atoms with E-state index in [1.54, 1.807) is 24.4 Å². The van der Waals surface area contributed by atoms with E-state index in [9.17, 15) is 13.6 Å². The van der Waals surface area contributed by atoms with Gasteiger partial charge in [0.25, 0.3) is 5.56 Å². The molecule has 152 valence electrons. The summed E-state index contributed by atoms with van der Waals surface area (Å²) in [4.78, 5) is 21.3. The lowest BCUT2D eigenvalue weighted by molar-refractivity contribution is 0.566. The van der Waals surface area contributed by atoms with Crippen molar-refractivity contribution < 1.29 is 8.78 Å². The summed E-state index contributed by atoms with van der Waals surface area (Å²) in [6.45, 7) is 1.87. The van der Waals surface area contributed by atoms with Gasteiger partial charge in [0.05, 0.1) is 12.6 Å². The number of benzene rings is 2. The van der Waals surface area contributed by atoms with E-state index in [1.807, 2.05) is 19.1 Å². The van der Waals surface area contributed by atoms with E-state index in [-0.39, 0.29) is 23.7 Å². The van der Waals surface area contributed by atoms with Gasteiger partial charge >= 0.3 is 0 Å². The van der Waals surface area contributed by atoms with Gasteiger partial charge in [0.1, 0.15) is 17.3 Å². The van der Waals surface area contributed by atoms with E-state index in [0.29, 0.717) is 22.0 Å². The summed E-state index contributed by atoms with van der Waals surface area (Å²) >= 11 is 5.94. The number of anilines is 1. The summed E-state index contributed by atoms with van der Waals surface area (Å²) in [5, 5.41) is 4.46. The molecule has 5 nitrogen and oxygen atoms in total. The molecule has 0 radical (unpaired) electrons. The first kappa shape index (κ1) is 20.0. The molecule has 1 N–H and O–H groups in total. The monoisotopic (exact) mass is 426 g/mol. The molecule has 4 rings (SSSR count). The summed E-state index contributed by atoms with van der Waals surface area (Å²) in [6, 6.07) is 13.5. The molecule has 2 aromatic heterocycles. The SMILES string of the molecule is CC(Nc1ncc2ccc(=O)n(Cc3ccc(F)cc3F)c2n1)c1ccc(Cl)cc1. The molecule has 30 heavy (non-hydrogen) atoms. The Morgan fingerprint density at radius 2 is 1.87 bits per heavy atom. The average molecular weight is 427 g/mol. The predicted molar refractivity (Wildman–Crippen MR) is 113 cm³/mol. The summed E-state index contributed by atoms with van der Waals surface area (Å²) < 4.78 is 28.7. The minimum atomic E-state index is -0.720. The van der Waals surface area contributed by atoms with Crippen LogP contribution < -0.4 is 10.9 Å². The third-order valence-corrected chi connectivity index (χ3v) is 5.03. The summed E-state index contributed by atoms with van der Waals surface area (Å²) in [5.41, 5.74) is 1.18. The zero-order valence-electron chi connectivity index (χ0n) is 15.9. The van der Waals surface area contributed by atoms with Crippen LogP contribution in [0.1, 0.15) is 24.1 Å². The highest BCUT2D eigenvalue weighted by atomic mass is 35.5. The molecule has 0 saturated heterocycles. The zero-order valence-corrected chi connectivity index (χ0v) is 16.7. The lowest BCUT2D eigenvalue weighted by Crippen LogP contribution is -2.22. The Bertz CT molecular complexity index is 1270. The number of hydrogen-bond acceptors (Lipinski definition) is 4. The van der Waals surface area contributed by atoms with E-state index in [0.717, 1.165) is 17.7 Å². The molecule has 0 bridgehead atoms. The normalized spacial score (nSPS) is 12.1. The van der Waals surface area contributed by atoms with Gasteiger partial charge in [0, 0.05) is 34.3 Å². The fourth-order valence-corrected chi connectivity index (χ4v) is 3.27. The minimum absolute atomic E-state index is 0.0779. The fraction of sp³-hybridized carbons (Fsp3) is 0.136. The summed E-state index contributed by atoms with van der Waals surface area (Å²) in [5.74, 6) is -1.07. The molecule has 1 atom stereocenters. The molecular formula is C22H17ClF2N4O. The van der Waals surface area contributed by atoms with Gasteiger partial charge in [-0.3, -0.25) is 9.36 Å². The maximum absolute atomic E-state index is 14.1. The van der Waals surface area contributed by atoms with Crippen molar-refractivity contribution in [3.8, 4) is 0 Å². The van der Waals surface area contributed by atoms with Crippen molar-refractivity contribution in [2.45, 2.75) is 19.5 Å². The highest BCUT2D eigenvalue weighted by Gasteiger charge is 2.12. The van der Waals surface area contributed by atoms with Crippen LogP contribution in [0, 0.1) is 11.6 Å². The number of nitrogens with zero attached hydrogens (tertiary/aromatic N) is 3. The molecule has 0 saturated carbocycles. The highest BCUT2D eigenvalue weighted by Crippen LogP contribution is 2.21. The van der Waals surface area contributed by atoms with Crippen LogP contribution >= 0.6 is 11.6 Å². The zero-order chi connectivity index (χ0) is 21.3. The van der Waals surface area contributed by atoms with Gasteiger partial charge < -0.3 is 5.32 Å². The van der Waals surface area contributed by atoms with Crippen LogP contribution in [-0.2, 0) is 6.54 Å². The van der Waals surface area contributed by atoms with Crippen LogP contribution in [0.3, 0.4) is 0 Å². The van der Waals surface area contributed by atoms with E-state index in [1.165, 1.54) is 16.7 Å². The summed E-state index contributed by atoms with van der Waals surface area (Å²) in [6.07, 6.45) is 1.59. The Labute approximate surface area is 176 Å². The molecule has 2 aromatic carbocycles. The van der Waals surface area contributed by atoms with Crippen LogP contribution in [0.2, 0.25) is 5.02 Å². The molecule has 0 aliphatic carbocycles. The Kier molecular flexibility index (Phi) is 5.46. The van der Waals surface area contributed by atoms with Crippen LogP contribution in [0.15, 0.2) is 65.6 Å². The van der Waals surface area contributed by atoms with Gasteiger partial charge in [-0.25, -0.2) is 13.8 Å². The molecule has 0 fully saturated rings. The number of hydrogen-bond donors (Lipinski definition) is 1. The molecule has 0 spiro atoms. The molecule has 8 heteroatoms. The van der Waals surface area contributed by atoms with E-state index >= 15 is 0 Å². The quantitative estimate of drug-likeness (QED) is 0.491. The smallest absolute Gasteiger partial charge is 0.252 e. The average Bonchev–Trinajstić information content (AvgIpc) is 2.72. The van der Waals surface area contributed by atoms with Crippen LogP contribution in [0.25, 0.3) is 11.0 Å². The topological polar surface area (TPSA) is 59.8 Å². The second-order valence-electron chi connectivity index (χ2n) is 6.88. The second kappa shape index (κ2) is 8.20. The number of nitrogens with one attached hydrogen (secondary N) is 1. The minimum Gasteiger partial charge on any atom is -0.348 e. The van der Waals surface area contributed by atoms with E-state index in [2.05, 4.69) is 15.3 Å². The maximum Gasteiger partial charge on any atom is 0.252 e. The third-order valence-electron chi connectivity index (χ3n) is 4.78. The standard InChI is InChI=1S/C22H17ClF2N4O/c1-13(14-2-6-17(23)7-3-14)27-22-26-11-15-5-9-20(30)29(21(15)28-22)12-16-4-8-18(24)10-19(16)25/h2-11,13H,12H2,1H3,(H,26,27,28). The molecule has 2 heterocycles. The van der Waals surface area contributed by atoms with Crippen LogP contribution in [0.5, 0.6) is 0 Å². The fourth-order valence-electron chi connectivity index (χ4n) is 3.14. The Morgan fingerprint density at radius 1 is 1.10 bits per heavy atom. The Hall–Kier alpha value is -3.32. The van der Waals surface area contributed by atoms with Crippen molar-refractivity contribution in [1.82, 2.24) is 14.5 Å². The van der Waals surface area contributed by atoms with Gasteiger partial charge in [-0.15, -0.1) is 0 Å².